The number of oxime groups is 1. The van der Waals surface area contributed by atoms with E-state index in [1.165, 1.54) is 16.7 Å². The van der Waals surface area contributed by atoms with E-state index in [0.29, 0.717) is 12.3 Å². The number of fused-ring (bicyclic) bond motifs is 1. The Balaban J connectivity index is 2.25. The molecule has 2 heterocycles. The third kappa shape index (κ3) is 1.69. The van der Waals surface area contributed by atoms with Gasteiger partial charge < -0.3 is 14.8 Å². The molecule has 2 saturated heterocycles. The molecule has 0 bridgehead atoms. The Bertz CT molecular complexity index is 407. The Labute approximate surface area is 103 Å². The van der Waals surface area contributed by atoms with Gasteiger partial charge >= 0.3 is 5.97 Å². The van der Waals surface area contributed by atoms with Crippen LogP contribution in [0.15, 0.2) is 5.16 Å². The molecule has 0 radical (unpaired) electrons. The largest absolute Gasteiger partial charge is 0.480 e. The first kappa shape index (κ1) is 12.2. The fourth-order valence-electron chi connectivity index (χ4n) is 2.10. The topological polar surface area (TPSA) is 79.2 Å². The number of β-lactam (4-membered cyclic amide) rings is 1. The molecule has 0 saturated carbocycles. The van der Waals surface area contributed by atoms with Crippen molar-refractivity contribution in [3.63, 3.8) is 0 Å². The molecule has 0 unspecified atom stereocenters. The van der Waals surface area contributed by atoms with Crippen LogP contribution in [0, 0.1) is 0 Å². The second kappa shape index (κ2) is 3.90. The van der Waals surface area contributed by atoms with Crippen molar-refractivity contribution in [1.82, 2.24) is 4.90 Å². The van der Waals surface area contributed by atoms with Crippen LogP contribution in [0.3, 0.4) is 0 Å². The molecule has 17 heavy (non-hydrogen) atoms. The number of nitrogens with zero attached hydrogens (tertiary/aromatic N) is 2. The zero-order valence-electron chi connectivity index (χ0n) is 9.84. The minimum atomic E-state index is -0.978. The molecule has 6 nitrogen and oxygen atoms in total. The lowest BCUT2D eigenvalue weighted by molar-refractivity contribution is -0.150. The summed E-state index contributed by atoms with van der Waals surface area (Å²) in [5.74, 6) is -1.32. The lowest BCUT2D eigenvalue weighted by Gasteiger charge is -2.36. The van der Waals surface area contributed by atoms with Crippen molar-refractivity contribution in [3.05, 3.63) is 0 Å². The van der Waals surface area contributed by atoms with Crippen LogP contribution in [-0.2, 0) is 14.4 Å². The van der Waals surface area contributed by atoms with E-state index in [0.717, 1.165) is 0 Å². The quantitative estimate of drug-likeness (QED) is 0.590. The molecule has 0 aromatic rings. The van der Waals surface area contributed by atoms with Gasteiger partial charge in [-0.2, -0.15) is 0 Å². The number of thioether (sulfide) groups is 1. The Hall–Kier alpha value is -1.24. The highest BCUT2D eigenvalue weighted by Crippen LogP contribution is 2.49. The summed E-state index contributed by atoms with van der Waals surface area (Å²) in [6, 6.07) is -0.800. The Morgan fingerprint density at radius 2 is 2.29 bits per heavy atom. The molecule has 7 heteroatoms. The summed E-state index contributed by atoms with van der Waals surface area (Å²) in [5, 5.41) is 12.6. The average molecular weight is 258 g/mol. The van der Waals surface area contributed by atoms with E-state index in [-0.39, 0.29) is 11.3 Å². The van der Waals surface area contributed by atoms with Crippen molar-refractivity contribution in [2.24, 2.45) is 5.16 Å². The van der Waals surface area contributed by atoms with E-state index in [2.05, 4.69) is 5.16 Å². The second-order valence-electron chi connectivity index (χ2n) is 4.42. The monoisotopic (exact) mass is 258 g/mol. The molecule has 0 aromatic carbocycles. The molecule has 2 fully saturated rings. The first-order chi connectivity index (χ1) is 7.90. The van der Waals surface area contributed by atoms with Gasteiger partial charge in [0.2, 0.25) is 0 Å². The maximum absolute atomic E-state index is 11.8. The lowest BCUT2D eigenvalue weighted by Crippen LogP contribution is -2.63. The van der Waals surface area contributed by atoms with Gasteiger partial charge in [0.15, 0.2) is 5.71 Å². The van der Waals surface area contributed by atoms with E-state index < -0.39 is 16.8 Å². The van der Waals surface area contributed by atoms with E-state index in [9.17, 15) is 14.7 Å². The van der Waals surface area contributed by atoms with Gasteiger partial charge in [-0.15, -0.1) is 11.8 Å². The Kier molecular flexibility index (Phi) is 2.81. The third-order valence-electron chi connectivity index (χ3n) is 2.82. The Morgan fingerprint density at radius 3 is 2.82 bits per heavy atom. The molecule has 2 aliphatic rings. The fraction of sp³-hybridized carbons (Fsp3) is 0.700. The van der Waals surface area contributed by atoms with Crippen LogP contribution in [0.1, 0.15) is 20.8 Å². The van der Waals surface area contributed by atoms with Gasteiger partial charge in [0.1, 0.15) is 18.0 Å². The predicted octanol–water partition coefficient (Wildman–Crippen LogP) is 0.526. The van der Waals surface area contributed by atoms with E-state index in [1.54, 1.807) is 6.92 Å². The van der Waals surface area contributed by atoms with Crippen molar-refractivity contribution in [2.45, 2.75) is 36.9 Å². The summed E-state index contributed by atoms with van der Waals surface area (Å²) < 4.78 is -0.518. The van der Waals surface area contributed by atoms with Crippen LogP contribution < -0.4 is 0 Å². The van der Waals surface area contributed by atoms with Crippen LogP contribution in [0.5, 0.6) is 0 Å². The van der Waals surface area contributed by atoms with E-state index >= 15 is 0 Å². The summed E-state index contributed by atoms with van der Waals surface area (Å²) in [6.07, 6.45) is 0. The molecule has 0 aromatic heterocycles. The third-order valence-corrected chi connectivity index (χ3v) is 4.32. The van der Waals surface area contributed by atoms with Crippen molar-refractivity contribution in [2.75, 3.05) is 6.61 Å². The molecule has 1 amide bonds. The highest BCUT2D eigenvalue weighted by atomic mass is 32.2. The Morgan fingerprint density at radius 1 is 1.65 bits per heavy atom. The summed E-state index contributed by atoms with van der Waals surface area (Å²) in [4.78, 5) is 29.2. The van der Waals surface area contributed by atoms with Crippen LogP contribution in [0.2, 0.25) is 0 Å². The summed E-state index contributed by atoms with van der Waals surface area (Å²) in [6.45, 7) is 5.80. The first-order valence-corrected chi connectivity index (χ1v) is 6.21. The average Bonchev–Trinajstić information content (AvgIpc) is 2.48. The van der Waals surface area contributed by atoms with Crippen molar-refractivity contribution >= 4 is 29.4 Å². The predicted molar refractivity (Wildman–Crippen MR) is 62.8 cm³/mol. The smallest absolute Gasteiger partial charge is 0.327 e. The minimum Gasteiger partial charge on any atom is -0.480 e. The zero-order chi connectivity index (χ0) is 12.8. The molecule has 1 N–H and O–H groups in total. The maximum Gasteiger partial charge on any atom is 0.327 e. The standard InChI is InChI=1S/C10H14N2O4S/c1-4-16-11-5-7(13)12-6(9(14)15)10(2,3)17-8(5)12/h6,8H,4H2,1-3H3,(H,14,15)/b11-5-/t6-,8+/m0/s1. The number of hydrogen-bond acceptors (Lipinski definition) is 5. The van der Waals surface area contributed by atoms with E-state index in [1.807, 2.05) is 13.8 Å². The van der Waals surface area contributed by atoms with Crippen molar-refractivity contribution in [3.8, 4) is 0 Å². The number of rotatable bonds is 3. The molecule has 94 valence electrons. The maximum atomic E-state index is 11.8. The van der Waals surface area contributed by atoms with Gasteiger partial charge in [0.05, 0.1) is 0 Å². The number of aliphatic carboxylic acids is 1. The minimum absolute atomic E-state index is 0.287. The number of carbonyl (C=O) groups is 2. The molecule has 2 atom stereocenters. The molecular weight excluding hydrogens is 244 g/mol. The highest BCUT2D eigenvalue weighted by Gasteiger charge is 2.62. The summed E-state index contributed by atoms with van der Waals surface area (Å²) in [5.41, 5.74) is 0.314. The first-order valence-electron chi connectivity index (χ1n) is 5.33. The van der Waals surface area contributed by atoms with Gasteiger partial charge in [-0.3, -0.25) is 4.79 Å². The normalized spacial score (nSPS) is 32.3. The number of carbonyl (C=O) groups excluding carboxylic acids is 1. The number of carboxylic acids is 1. The fourth-order valence-corrected chi connectivity index (χ4v) is 3.60. The van der Waals surface area contributed by atoms with Gasteiger partial charge in [0, 0.05) is 4.75 Å². The van der Waals surface area contributed by atoms with Crippen molar-refractivity contribution < 1.29 is 19.5 Å². The second-order valence-corrected chi connectivity index (χ2v) is 6.16. The number of carboxylic acid groups (broad SMARTS) is 1. The van der Waals surface area contributed by atoms with Gasteiger partial charge in [-0.05, 0) is 20.8 Å². The van der Waals surface area contributed by atoms with E-state index in [4.69, 9.17) is 4.84 Å². The molecule has 2 rings (SSSR count). The van der Waals surface area contributed by atoms with Crippen LogP contribution >= 0.6 is 11.8 Å². The molecule has 2 aliphatic heterocycles. The number of hydrogen-bond donors (Lipinski definition) is 1. The molecular formula is C10H14N2O4S. The number of amides is 1. The van der Waals surface area contributed by atoms with Crippen molar-refractivity contribution in [1.29, 1.82) is 0 Å². The van der Waals surface area contributed by atoms with Gasteiger partial charge in [-0.25, -0.2) is 4.79 Å². The van der Waals surface area contributed by atoms with Crippen LogP contribution in [0.25, 0.3) is 0 Å². The summed E-state index contributed by atoms with van der Waals surface area (Å²) >= 11 is 1.43. The molecule has 0 spiro atoms. The van der Waals surface area contributed by atoms with Crippen LogP contribution in [0.4, 0.5) is 0 Å². The van der Waals surface area contributed by atoms with Gasteiger partial charge in [0.25, 0.3) is 5.91 Å². The van der Waals surface area contributed by atoms with Gasteiger partial charge in [-0.1, -0.05) is 5.16 Å². The lowest BCUT2D eigenvalue weighted by atomic mass is 9.98. The summed E-state index contributed by atoms with van der Waals surface area (Å²) in [7, 11) is 0. The zero-order valence-corrected chi connectivity index (χ0v) is 10.7. The highest BCUT2D eigenvalue weighted by molar-refractivity contribution is 8.02. The molecule has 0 aliphatic carbocycles. The SMILES string of the molecule is CCO/N=C1/C(=O)N2[C@@H]1SC(C)(C)[C@@H]2C(=O)O. The van der Waals surface area contributed by atoms with Crippen LogP contribution in [-0.4, -0.2) is 50.4 Å².